The largest absolute Gasteiger partial charge is 0.474 e. The molecule has 1 fully saturated rings. The molecule has 26 heavy (non-hydrogen) atoms. The van der Waals surface area contributed by atoms with Gasteiger partial charge < -0.3 is 30.1 Å². The van der Waals surface area contributed by atoms with E-state index in [1.165, 1.54) is 5.57 Å². The van der Waals surface area contributed by atoms with Gasteiger partial charge >= 0.3 is 7.82 Å². The number of allylic oxidation sites excluding steroid dienone is 2. The Morgan fingerprint density at radius 3 is 2.42 bits per heavy atom. The Labute approximate surface area is 153 Å². The highest BCUT2D eigenvalue weighted by Gasteiger charge is 2.46. The molecule has 0 aromatic carbocycles. The summed E-state index contributed by atoms with van der Waals surface area (Å²) in [5, 5.41) is 38.2. The smallest absolute Gasteiger partial charge is 0.394 e. The molecule has 1 rings (SSSR count). The SMILES string of the molecule is CC(C)=CCCC(C)CCOP(=O)(O)O[C@@H]1O[C@H](CO)[C@@H](O)[C@H](O)[C@@H]1O. The molecule has 0 aromatic heterocycles. The molecule has 7 atom stereocenters. The third kappa shape index (κ3) is 7.72. The van der Waals surface area contributed by atoms with Crippen LogP contribution in [-0.2, 0) is 18.3 Å². The summed E-state index contributed by atoms with van der Waals surface area (Å²) in [5.74, 6) is 0.276. The first-order chi connectivity index (χ1) is 12.1. The maximum Gasteiger partial charge on any atom is 0.474 e. The van der Waals surface area contributed by atoms with Gasteiger partial charge in [-0.2, -0.15) is 0 Å². The summed E-state index contributed by atoms with van der Waals surface area (Å²) in [6, 6.07) is 0. The number of phosphoric ester groups is 1. The van der Waals surface area contributed by atoms with Crippen molar-refractivity contribution in [2.24, 2.45) is 5.92 Å². The summed E-state index contributed by atoms with van der Waals surface area (Å²) in [4.78, 5) is 9.76. The Hall–Kier alpha value is -0.350. The van der Waals surface area contributed by atoms with Crippen molar-refractivity contribution in [2.75, 3.05) is 13.2 Å². The van der Waals surface area contributed by atoms with Crippen LogP contribution < -0.4 is 0 Å². The van der Waals surface area contributed by atoms with Crippen molar-refractivity contribution in [2.45, 2.75) is 70.7 Å². The van der Waals surface area contributed by atoms with Gasteiger partial charge in [-0.25, -0.2) is 4.57 Å². The van der Waals surface area contributed by atoms with E-state index >= 15 is 0 Å². The van der Waals surface area contributed by atoms with E-state index in [9.17, 15) is 24.8 Å². The van der Waals surface area contributed by atoms with E-state index in [1.54, 1.807) is 0 Å². The summed E-state index contributed by atoms with van der Waals surface area (Å²) >= 11 is 0. The molecule has 1 aliphatic rings. The zero-order valence-corrected chi connectivity index (χ0v) is 16.3. The highest BCUT2D eigenvalue weighted by atomic mass is 31.2. The van der Waals surface area contributed by atoms with Crippen molar-refractivity contribution >= 4 is 7.82 Å². The van der Waals surface area contributed by atoms with Crippen LogP contribution in [0.1, 0.15) is 40.0 Å². The number of phosphoric acid groups is 1. The number of ether oxygens (including phenoxy) is 1. The fourth-order valence-corrected chi connectivity index (χ4v) is 3.32. The Morgan fingerprint density at radius 2 is 1.85 bits per heavy atom. The Kier molecular flexibility index (Phi) is 9.88. The number of aliphatic hydroxyl groups excluding tert-OH is 4. The van der Waals surface area contributed by atoms with Crippen LogP contribution in [0.15, 0.2) is 11.6 Å². The van der Waals surface area contributed by atoms with Crippen LogP contribution in [0.5, 0.6) is 0 Å². The van der Waals surface area contributed by atoms with E-state index in [0.29, 0.717) is 6.42 Å². The molecule has 1 heterocycles. The van der Waals surface area contributed by atoms with Crippen LogP contribution in [0.2, 0.25) is 0 Å². The van der Waals surface area contributed by atoms with Crippen LogP contribution in [0.4, 0.5) is 0 Å². The molecule has 1 aliphatic heterocycles. The van der Waals surface area contributed by atoms with E-state index in [4.69, 9.17) is 18.9 Å². The molecule has 0 spiro atoms. The van der Waals surface area contributed by atoms with Crippen molar-refractivity contribution in [3.8, 4) is 0 Å². The normalized spacial score (nSPS) is 32.7. The third-order valence-corrected chi connectivity index (χ3v) is 5.15. The lowest BCUT2D eigenvalue weighted by atomic mass is 10.00. The summed E-state index contributed by atoms with van der Waals surface area (Å²) in [5.41, 5.74) is 1.24. The van der Waals surface area contributed by atoms with E-state index < -0.39 is 45.1 Å². The van der Waals surface area contributed by atoms with Gasteiger partial charge in [0.15, 0.2) is 6.29 Å². The molecule has 0 aliphatic carbocycles. The minimum atomic E-state index is -4.55. The van der Waals surface area contributed by atoms with Crippen molar-refractivity contribution in [1.82, 2.24) is 0 Å². The lowest BCUT2D eigenvalue weighted by Crippen LogP contribution is -2.58. The number of aliphatic hydroxyl groups is 4. The maximum atomic E-state index is 12.0. The maximum absolute atomic E-state index is 12.0. The molecule has 5 N–H and O–H groups in total. The first-order valence-corrected chi connectivity index (χ1v) is 10.2. The summed E-state index contributed by atoms with van der Waals surface area (Å²) in [6.45, 7) is 5.35. The first kappa shape index (κ1) is 23.7. The van der Waals surface area contributed by atoms with Gasteiger partial charge in [0.05, 0.1) is 13.2 Å². The molecule has 0 saturated carbocycles. The molecule has 0 radical (unpaired) electrons. The second-order valence-electron chi connectivity index (χ2n) is 6.86. The molecule has 154 valence electrons. The first-order valence-electron chi connectivity index (χ1n) is 8.67. The van der Waals surface area contributed by atoms with Gasteiger partial charge in [-0.05, 0) is 39.0 Å². The monoisotopic (exact) mass is 398 g/mol. The van der Waals surface area contributed by atoms with Gasteiger partial charge in [-0.15, -0.1) is 0 Å². The zero-order valence-electron chi connectivity index (χ0n) is 15.4. The number of hydrogen-bond acceptors (Lipinski definition) is 8. The summed E-state index contributed by atoms with van der Waals surface area (Å²) < 4.78 is 26.7. The Bertz CT molecular complexity index is 492. The van der Waals surface area contributed by atoms with Crippen molar-refractivity contribution in [3.63, 3.8) is 0 Å². The highest BCUT2D eigenvalue weighted by Crippen LogP contribution is 2.46. The molecule has 0 bridgehead atoms. The fourth-order valence-electron chi connectivity index (χ4n) is 2.49. The van der Waals surface area contributed by atoms with E-state index in [1.807, 2.05) is 20.8 Å². The molecule has 2 unspecified atom stereocenters. The van der Waals surface area contributed by atoms with Crippen LogP contribution in [0.3, 0.4) is 0 Å². The average molecular weight is 398 g/mol. The predicted molar refractivity (Wildman–Crippen MR) is 93.1 cm³/mol. The van der Waals surface area contributed by atoms with Crippen LogP contribution in [0.25, 0.3) is 0 Å². The van der Waals surface area contributed by atoms with Crippen molar-refractivity contribution in [1.29, 1.82) is 0 Å². The minimum Gasteiger partial charge on any atom is -0.394 e. The van der Waals surface area contributed by atoms with Crippen LogP contribution >= 0.6 is 7.82 Å². The number of hydrogen-bond donors (Lipinski definition) is 5. The van der Waals surface area contributed by atoms with E-state index in [-0.39, 0.29) is 12.5 Å². The Balaban J connectivity index is 2.45. The van der Waals surface area contributed by atoms with E-state index in [0.717, 1.165) is 12.8 Å². The van der Waals surface area contributed by atoms with Gasteiger partial charge in [-0.3, -0.25) is 9.05 Å². The molecular formula is C16H31O9P. The van der Waals surface area contributed by atoms with Gasteiger partial charge in [0.25, 0.3) is 0 Å². The lowest BCUT2D eigenvalue weighted by molar-refractivity contribution is -0.281. The molecule has 10 heteroatoms. The third-order valence-electron chi connectivity index (χ3n) is 4.16. The van der Waals surface area contributed by atoms with Crippen LogP contribution in [-0.4, -0.2) is 69.2 Å². The lowest BCUT2D eigenvalue weighted by Gasteiger charge is -2.39. The molecule has 0 amide bonds. The standard InChI is InChI=1S/C16H31O9P/c1-10(2)5-4-6-11(3)7-8-23-26(21,22)25-16-15(20)14(19)13(18)12(9-17)24-16/h5,11-20H,4,6-9H2,1-3H3,(H,21,22)/t11?,12-,13-,14+,15+,16+/m1/s1. The van der Waals surface area contributed by atoms with Crippen LogP contribution in [0, 0.1) is 5.92 Å². The second kappa shape index (κ2) is 10.8. The predicted octanol–water partition coefficient (Wildman–Crippen LogP) is 0.692. The highest BCUT2D eigenvalue weighted by molar-refractivity contribution is 7.47. The summed E-state index contributed by atoms with van der Waals surface area (Å²) in [6.07, 6.45) is -3.48. The second-order valence-corrected chi connectivity index (χ2v) is 8.26. The van der Waals surface area contributed by atoms with Gasteiger partial charge in [0.2, 0.25) is 0 Å². The molecule has 1 saturated heterocycles. The fraction of sp³-hybridized carbons (Fsp3) is 0.875. The molecule has 9 nitrogen and oxygen atoms in total. The van der Waals surface area contributed by atoms with Crippen molar-refractivity contribution < 1.29 is 43.7 Å². The molecule has 0 aromatic rings. The number of rotatable bonds is 10. The van der Waals surface area contributed by atoms with Gasteiger partial charge in [0.1, 0.15) is 24.4 Å². The average Bonchev–Trinajstić information content (AvgIpc) is 2.54. The van der Waals surface area contributed by atoms with Gasteiger partial charge in [0, 0.05) is 0 Å². The van der Waals surface area contributed by atoms with Crippen molar-refractivity contribution in [3.05, 3.63) is 11.6 Å². The van der Waals surface area contributed by atoms with E-state index in [2.05, 4.69) is 6.08 Å². The Morgan fingerprint density at radius 1 is 1.19 bits per heavy atom. The van der Waals surface area contributed by atoms with Gasteiger partial charge in [-0.1, -0.05) is 18.6 Å². The quantitative estimate of drug-likeness (QED) is 0.265. The summed E-state index contributed by atoms with van der Waals surface area (Å²) in [7, 11) is -4.55. The minimum absolute atomic E-state index is 0.0266. The zero-order chi connectivity index (χ0) is 19.9. The topological polar surface area (TPSA) is 146 Å². The molecular weight excluding hydrogens is 367 g/mol.